The molecule has 64 valence electrons. The molecule has 11 heavy (non-hydrogen) atoms. The van der Waals surface area contributed by atoms with Gasteiger partial charge in [0.15, 0.2) is 0 Å². The molecule has 1 nitrogen and oxygen atoms in total. The Morgan fingerprint density at radius 3 is 2.36 bits per heavy atom. The molecule has 0 spiro atoms. The van der Waals surface area contributed by atoms with Crippen LogP contribution in [0.15, 0.2) is 24.5 Å². The molecule has 0 aromatic heterocycles. The van der Waals surface area contributed by atoms with Crippen molar-refractivity contribution < 1.29 is 22.3 Å². The van der Waals surface area contributed by atoms with E-state index in [4.69, 9.17) is 0 Å². The SMILES string of the molecule is F/C=C(/F)CCOC=C(F)F. The van der Waals surface area contributed by atoms with Crippen molar-refractivity contribution in [2.45, 2.75) is 6.42 Å². The maximum absolute atomic E-state index is 11.9. The van der Waals surface area contributed by atoms with Crippen molar-refractivity contribution >= 4 is 0 Å². The minimum atomic E-state index is -2.00. The molecule has 0 N–H and O–H groups in total. The first-order valence-electron chi connectivity index (χ1n) is 2.74. The molecule has 0 saturated heterocycles. The molecule has 0 rings (SSSR count). The quantitative estimate of drug-likeness (QED) is 0.358. The lowest BCUT2D eigenvalue weighted by Gasteiger charge is -1.95. The topological polar surface area (TPSA) is 9.23 Å². The van der Waals surface area contributed by atoms with Gasteiger partial charge in [0, 0.05) is 6.42 Å². The Labute approximate surface area is 61.0 Å². The smallest absolute Gasteiger partial charge is 0.304 e. The molecule has 0 aliphatic heterocycles. The molecule has 0 aromatic carbocycles. The van der Waals surface area contributed by atoms with E-state index >= 15 is 0 Å². The molecule has 0 saturated carbocycles. The van der Waals surface area contributed by atoms with Crippen LogP contribution < -0.4 is 0 Å². The summed E-state index contributed by atoms with van der Waals surface area (Å²) in [4.78, 5) is 0. The average Bonchev–Trinajstić information content (AvgIpc) is 1.97. The van der Waals surface area contributed by atoms with Gasteiger partial charge in [0.2, 0.25) is 0 Å². The summed E-state index contributed by atoms with van der Waals surface area (Å²) in [6, 6.07) is 0. The van der Waals surface area contributed by atoms with Gasteiger partial charge in [0.05, 0.1) is 6.61 Å². The summed E-state index contributed by atoms with van der Waals surface area (Å²) in [5.41, 5.74) is 0. The largest absolute Gasteiger partial charge is 0.495 e. The zero-order chi connectivity index (χ0) is 8.69. The molecule has 0 heterocycles. The van der Waals surface area contributed by atoms with Gasteiger partial charge in [-0.1, -0.05) is 0 Å². The van der Waals surface area contributed by atoms with E-state index in [2.05, 4.69) is 4.74 Å². The maximum atomic E-state index is 11.9. The van der Waals surface area contributed by atoms with Crippen LogP contribution in [0.5, 0.6) is 0 Å². The number of ether oxygens (including phenoxy) is 1. The highest BCUT2D eigenvalue weighted by molar-refractivity contribution is 4.84. The van der Waals surface area contributed by atoms with Crippen LogP contribution in [0, 0.1) is 0 Å². The summed E-state index contributed by atoms with van der Waals surface area (Å²) in [5.74, 6) is -1.03. The van der Waals surface area contributed by atoms with Crippen LogP contribution in [-0.4, -0.2) is 6.61 Å². The van der Waals surface area contributed by atoms with Crippen molar-refractivity contribution in [2.75, 3.05) is 6.61 Å². The van der Waals surface area contributed by atoms with Crippen molar-refractivity contribution in [3.8, 4) is 0 Å². The van der Waals surface area contributed by atoms with Gasteiger partial charge in [0.25, 0.3) is 0 Å². The van der Waals surface area contributed by atoms with Crippen molar-refractivity contribution in [1.82, 2.24) is 0 Å². The molecule has 0 amide bonds. The number of rotatable bonds is 4. The highest BCUT2D eigenvalue weighted by Crippen LogP contribution is 2.04. The zero-order valence-corrected chi connectivity index (χ0v) is 5.49. The summed E-state index contributed by atoms with van der Waals surface area (Å²) in [7, 11) is 0. The van der Waals surface area contributed by atoms with Gasteiger partial charge in [-0.2, -0.15) is 8.78 Å². The molecule has 0 unspecified atom stereocenters. The van der Waals surface area contributed by atoms with Gasteiger partial charge in [-0.25, -0.2) is 8.78 Å². The first-order chi connectivity index (χ1) is 5.16. The van der Waals surface area contributed by atoms with E-state index in [-0.39, 0.29) is 25.6 Å². The molecule has 0 bridgehead atoms. The number of hydrogen-bond donors (Lipinski definition) is 0. The van der Waals surface area contributed by atoms with Gasteiger partial charge >= 0.3 is 6.08 Å². The lowest BCUT2D eigenvalue weighted by molar-refractivity contribution is 0.221. The molecule has 5 heteroatoms. The Hall–Kier alpha value is -1.00. The monoisotopic (exact) mass is 170 g/mol. The normalized spacial score (nSPS) is 11.1. The molecule has 0 aliphatic rings. The lowest BCUT2D eigenvalue weighted by Crippen LogP contribution is -1.87. The van der Waals surface area contributed by atoms with E-state index in [1.165, 1.54) is 0 Å². The molecule has 0 aromatic rings. The summed E-state index contributed by atoms with van der Waals surface area (Å²) in [6.45, 7) is -0.302. The Balaban J connectivity index is 3.36. The van der Waals surface area contributed by atoms with E-state index in [0.29, 0.717) is 0 Å². The van der Waals surface area contributed by atoms with E-state index < -0.39 is 11.9 Å². The van der Waals surface area contributed by atoms with Crippen LogP contribution in [0.25, 0.3) is 0 Å². The van der Waals surface area contributed by atoms with Gasteiger partial charge < -0.3 is 4.74 Å². The number of halogens is 4. The highest BCUT2D eigenvalue weighted by atomic mass is 19.3. The molecule has 0 radical (unpaired) electrons. The van der Waals surface area contributed by atoms with Gasteiger partial charge in [-0.15, -0.1) is 0 Å². The zero-order valence-electron chi connectivity index (χ0n) is 5.49. The third-order valence-corrected chi connectivity index (χ3v) is 0.750. The first kappa shape index (κ1) is 10.0. The lowest BCUT2D eigenvalue weighted by atomic mass is 10.4. The molecule has 0 fully saturated rings. The minimum Gasteiger partial charge on any atom is -0.495 e. The van der Waals surface area contributed by atoms with Crippen LogP contribution >= 0.6 is 0 Å². The predicted molar refractivity (Wildman–Crippen MR) is 31.2 cm³/mol. The second kappa shape index (κ2) is 5.76. The molecule has 0 aliphatic carbocycles. The first-order valence-corrected chi connectivity index (χ1v) is 2.74. The predicted octanol–water partition coefficient (Wildman–Crippen LogP) is 2.91. The summed E-state index contributed by atoms with van der Waals surface area (Å²) in [6.07, 6.45) is -2.40. The Morgan fingerprint density at radius 2 is 1.91 bits per heavy atom. The third kappa shape index (κ3) is 6.89. The van der Waals surface area contributed by atoms with Crippen molar-refractivity contribution in [1.29, 1.82) is 0 Å². The second-order valence-electron chi connectivity index (χ2n) is 1.58. The van der Waals surface area contributed by atoms with Gasteiger partial charge in [-0.3, -0.25) is 0 Å². The average molecular weight is 170 g/mol. The van der Waals surface area contributed by atoms with Crippen LogP contribution in [0.3, 0.4) is 0 Å². The standard InChI is InChI=1S/C6H6F4O/c7-3-5(8)1-2-11-4-6(9)10/h3-4H,1-2H2/b5-3+. The maximum Gasteiger partial charge on any atom is 0.304 e. The minimum absolute atomic E-state index is 0.186. The fourth-order valence-corrected chi connectivity index (χ4v) is 0.333. The Morgan fingerprint density at radius 1 is 1.27 bits per heavy atom. The fraction of sp³-hybridized carbons (Fsp3) is 0.333. The van der Waals surface area contributed by atoms with E-state index in [0.717, 1.165) is 0 Å². The van der Waals surface area contributed by atoms with Crippen LogP contribution in [0.4, 0.5) is 17.6 Å². The third-order valence-electron chi connectivity index (χ3n) is 0.750. The van der Waals surface area contributed by atoms with Crippen molar-refractivity contribution in [2.24, 2.45) is 0 Å². The van der Waals surface area contributed by atoms with Gasteiger partial charge in [-0.05, 0) is 0 Å². The molecular formula is C6H6F4O. The fourth-order valence-electron chi connectivity index (χ4n) is 0.333. The van der Waals surface area contributed by atoms with E-state index in [9.17, 15) is 17.6 Å². The van der Waals surface area contributed by atoms with Gasteiger partial charge in [0.1, 0.15) is 18.4 Å². The molecular weight excluding hydrogens is 164 g/mol. The Bertz CT molecular complexity index is 160. The van der Waals surface area contributed by atoms with Crippen LogP contribution in [-0.2, 0) is 4.74 Å². The summed E-state index contributed by atoms with van der Waals surface area (Å²) >= 11 is 0. The van der Waals surface area contributed by atoms with E-state index in [1.807, 2.05) is 0 Å². The Kier molecular flexibility index (Phi) is 5.24. The van der Waals surface area contributed by atoms with Crippen LogP contribution in [0.1, 0.15) is 6.42 Å². The van der Waals surface area contributed by atoms with Crippen LogP contribution in [0.2, 0.25) is 0 Å². The highest BCUT2D eigenvalue weighted by Gasteiger charge is 1.94. The molecule has 0 atom stereocenters. The summed E-state index contributed by atoms with van der Waals surface area (Å²) in [5, 5.41) is 0. The summed E-state index contributed by atoms with van der Waals surface area (Å²) < 4.78 is 49.6. The second-order valence-corrected chi connectivity index (χ2v) is 1.58. The van der Waals surface area contributed by atoms with Crippen molar-refractivity contribution in [3.63, 3.8) is 0 Å². The van der Waals surface area contributed by atoms with Crippen molar-refractivity contribution in [3.05, 3.63) is 24.5 Å². The van der Waals surface area contributed by atoms with E-state index in [1.54, 1.807) is 0 Å². The number of hydrogen-bond acceptors (Lipinski definition) is 1.